The molecule has 0 aliphatic rings. The standard InChI is InChI=1S/C11H25NO/c1-5-11(12-4)7-9-13-8-6-10(2)3/h10-12H,5-9H2,1-4H3. The third-order valence-electron chi connectivity index (χ3n) is 2.35. The van der Waals surface area contributed by atoms with Gasteiger partial charge in [0.05, 0.1) is 0 Å². The molecule has 0 heterocycles. The van der Waals surface area contributed by atoms with Crippen LogP contribution in [0.1, 0.15) is 40.0 Å². The summed E-state index contributed by atoms with van der Waals surface area (Å²) in [6.07, 6.45) is 3.49. The lowest BCUT2D eigenvalue weighted by molar-refractivity contribution is 0.114. The van der Waals surface area contributed by atoms with Gasteiger partial charge in [-0.3, -0.25) is 0 Å². The summed E-state index contributed by atoms with van der Waals surface area (Å²) in [5.74, 6) is 0.756. The minimum atomic E-state index is 0.624. The van der Waals surface area contributed by atoms with Crippen LogP contribution in [-0.2, 0) is 4.74 Å². The fraction of sp³-hybridized carbons (Fsp3) is 1.00. The van der Waals surface area contributed by atoms with Crippen LogP contribution in [0.4, 0.5) is 0 Å². The predicted molar refractivity (Wildman–Crippen MR) is 58.0 cm³/mol. The molecule has 0 amide bonds. The molecule has 0 aliphatic carbocycles. The summed E-state index contributed by atoms with van der Waals surface area (Å²) in [6.45, 7) is 8.47. The second kappa shape index (κ2) is 8.52. The van der Waals surface area contributed by atoms with Crippen molar-refractivity contribution < 1.29 is 4.74 Å². The van der Waals surface area contributed by atoms with E-state index in [4.69, 9.17) is 4.74 Å². The third kappa shape index (κ3) is 8.26. The lowest BCUT2D eigenvalue weighted by Crippen LogP contribution is -2.25. The van der Waals surface area contributed by atoms with Crippen molar-refractivity contribution in [2.24, 2.45) is 5.92 Å². The second-order valence-corrected chi connectivity index (χ2v) is 3.98. The molecule has 1 N–H and O–H groups in total. The first-order valence-corrected chi connectivity index (χ1v) is 5.45. The van der Waals surface area contributed by atoms with Crippen molar-refractivity contribution in [1.29, 1.82) is 0 Å². The van der Waals surface area contributed by atoms with Gasteiger partial charge in [0.1, 0.15) is 0 Å². The second-order valence-electron chi connectivity index (χ2n) is 3.98. The van der Waals surface area contributed by atoms with E-state index >= 15 is 0 Å². The Morgan fingerprint density at radius 1 is 1.15 bits per heavy atom. The van der Waals surface area contributed by atoms with Crippen LogP contribution < -0.4 is 5.32 Å². The molecule has 0 saturated carbocycles. The van der Waals surface area contributed by atoms with E-state index in [-0.39, 0.29) is 0 Å². The lowest BCUT2D eigenvalue weighted by Gasteiger charge is -2.13. The molecule has 0 spiro atoms. The molecule has 0 radical (unpaired) electrons. The number of rotatable bonds is 8. The van der Waals surface area contributed by atoms with Gasteiger partial charge in [0, 0.05) is 19.3 Å². The van der Waals surface area contributed by atoms with Gasteiger partial charge >= 0.3 is 0 Å². The molecule has 0 aromatic heterocycles. The number of nitrogens with one attached hydrogen (secondary N) is 1. The van der Waals surface area contributed by atoms with Crippen LogP contribution in [-0.4, -0.2) is 26.3 Å². The topological polar surface area (TPSA) is 21.3 Å². The summed E-state index contributed by atoms with van der Waals surface area (Å²) in [5, 5.41) is 3.27. The van der Waals surface area contributed by atoms with Crippen LogP contribution in [0, 0.1) is 5.92 Å². The maximum atomic E-state index is 5.54. The molecule has 0 aromatic carbocycles. The first-order valence-electron chi connectivity index (χ1n) is 5.45. The highest BCUT2D eigenvalue weighted by molar-refractivity contribution is 4.60. The van der Waals surface area contributed by atoms with Crippen molar-refractivity contribution in [2.45, 2.75) is 46.1 Å². The van der Waals surface area contributed by atoms with Crippen LogP contribution in [0.25, 0.3) is 0 Å². The molecule has 1 unspecified atom stereocenters. The monoisotopic (exact) mass is 187 g/mol. The fourth-order valence-electron chi connectivity index (χ4n) is 1.20. The van der Waals surface area contributed by atoms with Crippen LogP contribution in [0.5, 0.6) is 0 Å². The number of hydrogen-bond donors (Lipinski definition) is 1. The Bertz CT molecular complexity index is 100. The van der Waals surface area contributed by atoms with Gasteiger partial charge in [-0.1, -0.05) is 20.8 Å². The van der Waals surface area contributed by atoms with Crippen LogP contribution in [0.3, 0.4) is 0 Å². The molecule has 0 fully saturated rings. The first-order chi connectivity index (χ1) is 6.20. The molecule has 0 saturated heterocycles. The molecule has 13 heavy (non-hydrogen) atoms. The van der Waals surface area contributed by atoms with Gasteiger partial charge < -0.3 is 10.1 Å². The van der Waals surface area contributed by atoms with Gasteiger partial charge in [-0.25, -0.2) is 0 Å². The van der Waals surface area contributed by atoms with E-state index in [2.05, 4.69) is 26.1 Å². The van der Waals surface area contributed by atoms with Gasteiger partial charge in [-0.15, -0.1) is 0 Å². The average Bonchev–Trinajstić information content (AvgIpc) is 2.11. The Labute approximate surface area is 83.1 Å². The molecule has 80 valence electrons. The van der Waals surface area contributed by atoms with Crippen molar-refractivity contribution in [3.8, 4) is 0 Å². The molecular weight excluding hydrogens is 162 g/mol. The molecule has 0 bridgehead atoms. The van der Waals surface area contributed by atoms with Crippen molar-refractivity contribution in [3.63, 3.8) is 0 Å². The lowest BCUT2D eigenvalue weighted by atomic mass is 10.1. The highest BCUT2D eigenvalue weighted by Crippen LogP contribution is 2.01. The van der Waals surface area contributed by atoms with E-state index in [0.717, 1.165) is 25.6 Å². The van der Waals surface area contributed by atoms with Crippen molar-refractivity contribution in [2.75, 3.05) is 20.3 Å². The van der Waals surface area contributed by atoms with Gasteiger partial charge in [0.2, 0.25) is 0 Å². The highest BCUT2D eigenvalue weighted by atomic mass is 16.5. The minimum Gasteiger partial charge on any atom is -0.381 e. The largest absolute Gasteiger partial charge is 0.381 e. The molecule has 0 aliphatic heterocycles. The first kappa shape index (κ1) is 12.9. The minimum absolute atomic E-state index is 0.624. The van der Waals surface area contributed by atoms with Crippen LogP contribution in [0.2, 0.25) is 0 Å². The van der Waals surface area contributed by atoms with E-state index in [1.165, 1.54) is 12.8 Å². The predicted octanol–water partition coefficient (Wildman–Crippen LogP) is 2.44. The Morgan fingerprint density at radius 3 is 2.23 bits per heavy atom. The normalized spacial score (nSPS) is 13.6. The summed E-state index contributed by atoms with van der Waals surface area (Å²) < 4.78 is 5.54. The van der Waals surface area contributed by atoms with E-state index in [1.807, 2.05) is 7.05 Å². The summed E-state index contributed by atoms with van der Waals surface area (Å²) in [6, 6.07) is 0.624. The SMILES string of the molecule is CCC(CCOCCC(C)C)NC. The van der Waals surface area contributed by atoms with Crippen molar-refractivity contribution >= 4 is 0 Å². The highest BCUT2D eigenvalue weighted by Gasteiger charge is 2.01. The Kier molecular flexibility index (Phi) is 8.46. The fourth-order valence-corrected chi connectivity index (χ4v) is 1.20. The smallest absolute Gasteiger partial charge is 0.0480 e. The zero-order chi connectivity index (χ0) is 10.1. The Hall–Kier alpha value is -0.0800. The van der Waals surface area contributed by atoms with E-state index in [9.17, 15) is 0 Å². The number of hydrogen-bond acceptors (Lipinski definition) is 2. The molecule has 2 nitrogen and oxygen atoms in total. The Morgan fingerprint density at radius 2 is 1.77 bits per heavy atom. The molecular formula is C11H25NO. The van der Waals surface area contributed by atoms with Gasteiger partial charge in [-0.05, 0) is 32.2 Å². The molecule has 0 aromatic rings. The maximum absolute atomic E-state index is 5.54. The van der Waals surface area contributed by atoms with Gasteiger partial charge in [-0.2, -0.15) is 0 Å². The van der Waals surface area contributed by atoms with Crippen LogP contribution in [0.15, 0.2) is 0 Å². The van der Waals surface area contributed by atoms with Crippen molar-refractivity contribution in [3.05, 3.63) is 0 Å². The van der Waals surface area contributed by atoms with Gasteiger partial charge in [0.25, 0.3) is 0 Å². The zero-order valence-electron chi connectivity index (χ0n) is 9.60. The van der Waals surface area contributed by atoms with E-state index < -0.39 is 0 Å². The zero-order valence-corrected chi connectivity index (χ0v) is 9.60. The molecule has 0 rings (SSSR count). The summed E-state index contributed by atoms with van der Waals surface area (Å²) >= 11 is 0. The third-order valence-corrected chi connectivity index (χ3v) is 2.35. The average molecular weight is 187 g/mol. The van der Waals surface area contributed by atoms with E-state index in [0.29, 0.717) is 6.04 Å². The number of ether oxygens (including phenoxy) is 1. The van der Waals surface area contributed by atoms with Gasteiger partial charge in [0.15, 0.2) is 0 Å². The van der Waals surface area contributed by atoms with Crippen LogP contribution >= 0.6 is 0 Å². The summed E-state index contributed by atoms with van der Waals surface area (Å²) in [5.41, 5.74) is 0. The van der Waals surface area contributed by atoms with E-state index in [1.54, 1.807) is 0 Å². The quantitative estimate of drug-likeness (QED) is 0.589. The summed E-state index contributed by atoms with van der Waals surface area (Å²) in [7, 11) is 2.02. The molecule has 1 atom stereocenters. The Balaban J connectivity index is 3.14. The van der Waals surface area contributed by atoms with Crippen molar-refractivity contribution in [1.82, 2.24) is 5.32 Å². The summed E-state index contributed by atoms with van der Waals surface area (Å²) in [4.78, 5) is 0. The molecule has 2 heteroatoms. The maximum Gasteiger partial charge on any atom is 0.0480 e.